The fraction of sp³-hybridized carbons (Fsp3) is 0.320. The summed E-state index contributed by atoms with van der Waals surface area (Å²) in [7, 11) is 0. The van der Waals surface area contributed by atoms with Crippen LogP contribution in [0.4, 0.5) is 5.69 Å². The minimum Gasteiger partial charge on any atom is -0.490 e. The number of ether oxygens (including phenoxy) is 2. The van der Waals surface area contributed by atoms with Gasteiger partial charge >= 0.3 is 0 Å². The smallest absolute Gasteiger partial charge is 0.266 e. The zero-order valence-electron chi connectivity index (χ0n) is 19.4. The number of thiocarbonyl (C=S) groups is 1. The topological polar surface area (TPSA) is 67.9 Å². The van der Waals surface area contributed by atoms with E-state index >= 15 is 0 Å². The lowest BCUT2D eigenvalue weighted by Gasteiger charge is -2.18. The van der Waals surface area contributed by atoms with Crippen LogP contribution in [-0.2, 0) is 9.59 Å². The van der Waals surface area contributed by atoms with Crippen LogP contribution in [0.15, 0.2) is 41.3 Å². The van der Waals surface area contributed by atoms with Crippen LogP contribution in [0.5, 0.6) is 11.5 Å². The van der Waals surface area contributed by atoms with Crippen LogP contribution in [0.25, 0.3) is 6.08 Å². The maximum Gasteiger partial charge on any atom is 0.266 e. The van der Waals surface area contributed by atoms with Gasteiger partial charge in [0.15, 0.2) is 18.1 Å². The summed E-state index contributed by atoms with van der Waals surface area (Å²) in [6.45, 7) is 9.92. The quantitative estimate of drug-likeness (QED) is 0.404. The Labute approximate surface area is 204 Å². The molecule has 0 spiro atoms. The fourth-order valence-electron chi connectivity index (χ4n) is 3.41. The number of carbonyl (C=O) groups is 2. The molecule has 0 bridgehead atoms. The van der Waals surface area contributed by atoms with Gasteiger partial charge in [0.1, 0.15) is 4.32 Å². The van der Waals surface area contributed by atoms with Crippen LogP contribution in [0, 0.1) is 13.8 Å². The predicted molar refractivity (Wildman–Crippen MR) is 138 cm³/mol. The van der Waals surface area contributed by atoms with Crippen molar-refractivity contribution in [2.24, 2.45) is 0 Å². The van der Waals surface area contributed by atoms with Crippen molar-refractivity contribution in [1.82, 2.24) is 4.90 Å². The molecule has 6 nitrogen and oxygen atoms in total. The Morgan fingerprint density at radius 3 is 2.45 bits per heavy atom. The number of hydrogen-bond donors (Lipinski definition) is 1. The van der Waals surface area contributed by atoms with Crippen molar-refractivity contribution >= 4 is 51.9 Å². The monoisotopic (exact) mass is 484 g/mol. The molecule has 2 aromatic carbocycles. The van der Waals surface area contributed by atoms with Gasteiger partial charge in [-0.15, -0.1) is 0 Å². The molecule has 0 saturated carbocycles. The molecule has 1 heterocycles. The van der Waals surface area contributed by atoms with Crippen LogP contribution in [0.1, 0.15) is 37.5 Å². The highest BCUT2D eigenvalue weighted by molar-refractivity contribution is 8.26. The minimum atomic E-state index is -0.253. The van der Waals surface area contributed by atoms with E-state index in [0.717, 1.165) is 22.4 Å². The maximum absolute atomic E-state index is 12.7. The van der Waals surface area contributed by atoms with Crippen molar-refractivity contribution in [2.45, 2.75) is 40.7 Å². The molecule has 2 aromatic rings. The van der Waals surface area contributed by atoms with Gasteiger partial charge in [0.25, 0.3) is 11.8 Å². The van der Waals surface area contributed by atoms with Crippen LogP contribution < -0.4 is 14.8 Å². The van der Waals surface area contributed by atoms with E-state index in [2.05, 4.69) is 5.32 Å². The number of carbonyl (C=O) groups excluding carboxylic acids is 2. The molecular weight excluding hydrogens is 456 g/mol. The third-order valence-electron chi connectivity index (χ3n) is 5.01. The molecule has 1 fully saturated rings. The maximum atomic E-state index is 12.7. The van der Waals surface area contributed by atoms with E-state index in [1.54, 1.807) is 23.1 Å². The first-order valence-electron chi connectivity index (χ1n) is 10.7. The molecule has 174 valence electrons. The average Bonchev–Trinajstić information content (AvgIpc) is 3.03. The minimum absolute atomic E-state index is 0.00719. The molecular formula is C25H28N2O4S2. The van der Waals surface area contributed by atoms with Crippen LogP contribution in [0.3, 0.4) is 0 Å². The lowest BCUT2D eigenvalue weighted by molar-refractivity contribution is -0.123. The van der Waals surface area contributed by atoms with Crippen LogP contribution >= 0.6 is 24.0 Å². The molecule has 2 amide bonds. The SMILES string of the molecule is CCOc1cc(/C=C2\SC(=S)N(C(C)C)C2=O)ccc1OCC(=O)Nc1c(C)cccc1C. The summed E-state index contributed by atoms with van der Waals surface area (Å²) in [6.07, 6.45) is 1.79. The number of hydrogen-bond acceptors (Lipinski definition) is 6. The first-order valence-corrected chi connectivity index (χ1v) is 12.0. The third kappa shape index (κ3) is 5.94. The highest BCUT2D eigenvalue weighted by Gasteiger charge is 2.33. The number of benzene rings is 2. The lowest BCUT2D eigenvalue weighted by Crippen LogP contribution is -2.34. The summed E-state index contributed by atoms with van der Waals surface area (Å²) in [6, 6.07) is 11.2. The molecule has 0 radical (unpaired) electrons. The Hall–Kier alpha value is -2.84. The van der Waals surface area contributed by atoms with Crippen molar-refractivity contribution in [1.29, 1.82) is 0 Å². The molecule has 1 N–H and O–H groups in total. The van der Waals surface area contributed by atoms with E-state index in [4.69, 9.17) is 21.7 Å². The van der Waals surface area contributed by atoms with Crippen LogP contribution in [-0.4, -0.2) is 40.3 Å². The van der Waals surface area contributed by atoms with Gasteiger partial charge in [-0.25, -0.2) is 0 Å². The average molecular weight is 485 g/mol. The van der Waals surface area contributed by atoms with Gasteiger partial charge in [0.2, 0.25) is 0 Å². The molecule has 0 unspecified atom stereocenters. The molecule has 1 aliphatic heterocycles. The van der Waals surface area contributed by atoms with E-state index < -0.39 is 0 Å². The van der Waals surface area contributed by atoms with Crippen molar-refractivity contribution in [3.8, 4) is 11.5 Å². The van der Waals surface area contributed by atoms with Gasteiger partial charge in [-0.3, -0.25) is 14.5 Å². The van der Waals surface area contributed by atoms with E-state index in [-0.39, 0.29) is 24.5 Å². The Balaban J connectivity index is 1.73. The molecule has 0 aromatic heterocycles. The summed E-state index contributed by atoms with van der Waals surface area (Å²) in [4.78, 5) is 27.3. The Bertz CT molecular complexity index is 1090. The van der Waals surface area contributed by atoms with E-state index in [0.29, 0.717) is 27.3 Å². The van der Waals surface area contributed by atoms with Gasteiger partial charge in [0, 0.05) is 11.7 Å². The summed E-state index contributed by atoms with van der Waals surface area (Å²) >= 11 is 6.63. The summed E-state index contributed by atoms with van der Waals surface area (Å²) in [5.74, 6) is 0.614. The Kier molecular flexibility index (Phi) is 8.15. The number of anilines is 1. The number of aryl methyl sites for hydroxylation is 2. The van der Waals surface area contributed by atoms with Crippen LogP contribution in [0.2, 0.25) is 0 Å². The Morgan fingerprint density at radius 1 is 1.15 bits per heavy atom. The number of nitrogens with one attached hydrogen (secondary N) is 1. The molecule has 33 heavy (non-hydrogen) atoms. The number of amides is 2. The van der Waals surface area contributed by atoms with E-state index in [1.807, 2.05) is 58.9 Å². The lowest BCUT2D eigenvalue weighted by atomic mass is 10.1. The highest BCUT2D eigenvalue weighted by atomic mass is 32.2. The second-order valence-electron chi connectivity index (χ2n) is 7.89. The standard InChI is InChI=1S/C25H28N2O4S2/c1-6-30-20-12-18(13-21-24(29)27(15(2)3)25(32)33-21)10-11-19(20)31-14-22(28)26-23-16(4)8-7-9-17(23)5/h7-13,15H,6,14H2,1-5H3,(H,26,28)/b21-13-. The van der Waals surface area contributed by atoms with Crippen molar-refractivity contribution in [3.05, 3.63) is 58.0 Å². The summed E-state index contributed by atoms with van der Waals surface area (Å²) in [5.41, 5.74) is 3.57. The molecule has 8 heteroatoms. The third-order valence-corrected chi connectivity index (χ3v) is 6.34. The summed E-state index contributed by atoms with van der Waals surface area (Å²) in [5, 5.41) is 2.91. The number of rotatable bonds is 8. The first kappa shape index (κ1) is 24.8. The van der Waals surface area contributed by atoms with Gasteiger partial charge in [-0.1, -0.05) is 48.2 Å². The molecule has 0 aliphatic carbocycles. The van der Waals surface area contributed by atoms with E-state index in [1.165, 1.54) is 11.8 Å². The van der Waals surface area contributed by atoms with Gasteiger partial charge in [-0.2, -0.15) is 0 Å². The van der Waals surface area contributed by atoms with Crippen molar-refractivity contribution in [3.63, 3.8) is 0 Å². The molecule has 1 saturated heterocycles. The number of nitrogens with zero attached hydrogens (tertiary/aromatic N) is 1. The van der Waals surface area contributed by atoms with Crippen molar-refractivity contribution in [2.75, 3.05) is 18.5 Å². The predicted octanol–water partition coefficient (Wildman–Crippen LogP) is 5.33. The van der Waals surface area contributed by atoms with Gasteiger partial charge < -0.3 is 14.8 Å². The van der Waals surface area contributed by atoms with Gasteiger partial charge in [-0.05, 0) is 69.5 Å². The number of para-hydroxylation sites is 1. The Morgan fingerprint density at radius 2 is 1.85 bits per heavy atom. The molecule has 3 rings (SSSR count). The molecule has 0 atom stereocenters. The zero-order chi connectivity index (χ0) is 24.1. The zero-order valence-corrected chi connectivity index (χ0v) is 21.1. The van der Waals surface area contributed by atoms with E-state index in [9.17, 15) is 9.59 Å². The normalized spacial score (nSPS) is 14.8. The second kappa shape index (κ2) is 10.9. The van der Waals surface area contributed by atoms with Gasteiger partial charge in [0.05, 0.1) is 11.5 Å². The second-order valence-corrected chi connectivity index (χ2v) is 9.56. The highest BCUT2D eigenvalue weighted by Crippen LogP contribution is 2.35. The summed E-state index contributed by atoms with van der Waals surface area (Å²) < 4.78 is 12.0. The first-order chi connectivity index (χ1) is 15.7. The van der Waals surface area contributed by atoms with Crippen molar-refractivity contribution < 1.29 is 19.1 Å². The fourth-order valence-corrected chi connectivity index (χ4v) is 4.93. The molecule has 1 aliphatic rings. The largest absolute Gasteiger partial charge is 0.490 e. The number of thioether (sulfide) groups is 1.